The first-order chi connectivity index (χ1) is 13.2. The molecule has 1 aliphatic heterocycles. The molecule has 152 valence electrons. The normalized spacial score (nSPS) is 26.3. The van der Waals surface area contributed by atoms with Gasteiger partial charge in [-0.25, -0.2) is 0 Å². The van der Waals surface area contributed by atoms with Gasteiger partial charge in [0.1, 0.15) is 11.5 Å². The molecule has 4 atom stereocenters. The van der Waals surface area contributed by atoms with Crippen molar-refractivity contribution in [1.29, 1.82) is 0 Å². The van der Waals surface area contributed by atoms with Gasteiger partial charge in [-0.2, -0.15) is 13.2 Å². The van der Waals surface area contributed by atoms with Crippen LogP contribution in [0.3, 0.4) is 0 Å². The van der Waals surface area contributed by atoms with Crippen LogP contribution >= 0.6 is 0 Å². The van der Waals surface area contributed by atoms with Crippen molar-refractivity contribution in [2.75, 3.05) is 20.2 Å². The average Bonchev–Trinajstić information content (AvgIpc) is 3.02. The van der Waals surface area contributed by atoms with Gasteiger partial charge in [0.05, 0.1) is 0 Å². The number of hydrogen-bond donors (Lipinski definition) is 2. The van der Waals surface area contributed by atoms with Gasteiger partial charge in [0.2, 0.25) is 0 Å². The minimum Gasteiger partial charge on any atom is -0.396 e. The zero-order chi connectivity index (χ0) is 20.2. The second-order valence-electron chi connectivity index (χ2n) is 8.45. The number of Topliss-reactive ketones (excluding diaryl/α,β-unsaturated/α-hetero) is 1. The number of carbonyl (C=O) groups is 1. The van der Waals surface area contributed by atoms with Crippen LogP contribution in [0.25, 0.3) is 10.9 Å². The number of likely N-dealkylation sites (tertiary alicyclic amines) is 1. The Kier molecular flexibility index (Phi) is 4.78. The summed E-state index contributed by atoms with van der Waals surface area (Å²) < 4.78 is 40.7. The minimum atomic E-state index is -4.41. The maximum absolute atomic E-state index is 13.6. The molecule has 1 saturated heterocycles. The molecule has 0 saturated carbocycles. The molecule has 0 amide bonds. The third-order valence-corrected chi connectivity index (χ3v) is 6.45. The summed E-state index contributed by atoms with van der Waals surface area (Å²) in [5.41, 5.74) is 1.14. The fourth-order valence-corrected chi connectivity index (χ4v) is 5.08. The minimum absolute atomic E-state index is 0.0212. The lowest BCUT2D eigenvalue weighted by atomic mass is 9.71. The molecular weight excluding hydrogens is 369 g/mol. The third-order valence-electron chi connectivity index (χ3n) is 6.45. The van der Waals surface area contributed by atoms with Crippen molar-refractivity contribution in [2.45, 2.75) is 44.3 Å². The van der Waals surface area contributed by atoms with Crippen LogP contribution in [0, 0.1) is 11.8 Å². The predicted molar refractivity (Wildman–Crippen MR) is 100 cm³/mol. The fourth-order valence-electron chi connectivity index (χ4n) is 5.08. The van der Waals surface area contributed by atoms with E-state index in [4.69, 9.17) is 0 Å². The molecule has 1 aliphatic carbocycles. The first-order valence-corrected chi connectivity index (χ1v) is 9.75. The summed E-state index contributed by atoms with van der Waals surface area (Å²) in [6.07, 6.45) is -3.09. The number of fused-ring (bicyclic) bond motifs is 2. The second-order valence-corrected chi connectivity index (χ2v) is 8.45. The standard InChI is InChI=1S/C21H25F3N2O2/c1-11(10-27)6-18(28)12-7-14-13-4-3-5-16-19(13)15(8-17(14)26(2)9-12)20(25-16)21(22,23)24/h3-5,11-12,14,17,25,27H,6-10H2,1-2H3. The molecule has 2 N–H and O–H groups in total. The van der Waals surface area contributed by atoms with Crippen LogP contribution in [0.1, 0.15) is 42.5 Å². The summed E-state index contributed by atoms with van der Waals surface area (Å²) in [4.78, 5) is 17.4. The van der Waals surface area contributed by atoms with Crippen LogP contribution in [0.15, 0.2) is 18.2 Å². The van der Waals surface area contributed by atoms with Crippen molar-refractivity contribution < 1.29 is 23.1 Å². The van der Waals surface area contributed by atoms with Crippen LogP contribution in [0.5, 0.6) is 0 Å². The summed E-state index contributed by atoms with van der Waals surface area (Å²) in [7, 11) is 1.90. The Balaban J connectivity index is 1.73. The van der Waals surface area contributed by atoms with E-state index in [2.05, 4.69) is 9.88 Å². The lowest BCUT2D eigenvalue weighted by molar-refractivity contribution is -0.141. The van der Waals surface area contributed by atoms with Gasteiger partial charge in [-0.05, 0) is 43.0 Å². The maximum atomic E-state index is 13.6. The van der Waals surface area contributed by atoms with Gasteiger partial charge in [0.15, 0.2) is 0 Å². The van der Waals surface area contributed by atoms with E-state index in [1.54, 1.807) is 12.1 Å². The molecule has 1 aromatic carbocycles. The van der Waals surface area contributed by atoms with Crippen LogP contribution in [0.2, 0.25) is 0 Å². The Morgan fingerprint density at radius 1 is 1.39 bits per heavy atom. The number of aliphatic hydroxyl groups is 1. The van der Waals surface area contributed by atoms with E-state index < -0.39 is 11.9 Å². The molecular formula is C21H25F3N2O2. The molecule has 28 heavy (non-hydrogen) atoms. The number of aliphatic hydroxyl groups excluding tert-OH is 1. The summed E-state index contributed by atoms with van der Waals surface area (Å²) in [6.45, 7) is 2.38. The molecule has 7 heteroatoms. The van der Waals surface area contributed by atoms with Crippen molar-refractivity contribution in [1.82, 2.24) is 9.88 Å². The van der Waals surface area contributed by atoms with Crippen LogP contribution < -0.4 is 0 Å². The van der Waals surface area contributed by atoms with E-state index in [0.29, 0.717) is 42.3 Å². The number of nitrogens with zero attached hydrogens (tertiary/aromatic N) is 1. The van der Waals surface area contributed by atoms with Crippen molar-refractivity contribution in [3.63, 3.8) is 0 Å². The average molecular weight is 394 g/mol. The zero-order valence-electron chi connectivity index (χ0n) is 16.0. The Labute approximate surface area is 161 Å². The zero-order valence-corrected chi connectivity index (χ0v) is 16.0. The van der Waals surface area contributed by atoms with Gasteiger partial charge >= 0.3 is 6.18 Å². The van der Waals surface area contributed by atoms with Crippen LogP contribution in [0.4, 0.5) is 13.2 Å². The number of nitrogens with one attached hydrogen (secondary N) is 1. The molecule has 1 fully saturated rings. The summed E-state index contributed by atoms with van der Waals surface area (Å²) in [5.74, 6) is -0.0610. The highest BCUT2D eigenvalue weighted by atomic mass is 19.4. The number of hydrogen-bond acceptors (Lipinski definition) is 3. The van der Waals surface area contributed by atoms with Crippen molar-refractivity contribution >= 4 is 16.7 Å². The van der Waals surface area contributed by atoms with Crippen molar-refractivity contribution in [3.05, 3.63) is 35.0 Å². The third kappa shape index (κ3) is 3.14. The van der Waals surface area contributed by atoms with E-state index >= 15 is 0 Å². The van der Waals surface area contributed by atoms with Crippen LogP contribution in [-0.2, 0) is 17.4 Å². The fraction of sp³-hybridized carbons (Fsp3) is 0.571. The van der Waals surface area contributed by atoms with E-state index in [9.17, 15) is 23.1 Å². The molecule has 2 heterocycles. The van der Waals surface area contributed by atoms with E-state index in [1.807, 2.05) is 20.0 Å². The lowest BCUT2D eigenvalue weighted by Gasteiger charge is -2.45. The van der Waals surface area contributed by atoms with Gasteiger partial charge in [0.25, 0.3) is 0 Å². The number of alkyl halides is 3. The Bertz CT molecular complexity index is 905. The van der Waals surface area contributed by atoms with Crippen molar-refractivity contribution in [2.24, 2.45) is 11.8 Å². The predicted octanol–water partition coefficient (Wildman–Crippen LogP) is 3.73. The highest BCUT2D eigenvalue weighted by Gasteiger charge is 2.45. The Morgan fingerprint density at radius 2 is 2.14 bits per heavy atom. The van der Waals surface area contributed by atoms with E-state index in [0.717, 1.165) is 5.56 Å². The second kappa shape index (κ2) is 6.88. The number of rotatable bonds is 4. The smallest absolute Gasteiger partial charge is 0.396 e. The number of H-pyrrole nitrogens is 1. The maximum Gasteiger partial charge on any atom is 0.431 e. The SMILES string of the molecule is CC(CO)CC(=O)C1CC2c3cccc4[nH]c(C(F)(F)F)c(c34)CC2N(C)C1. The summed E-state index contributed by atoms with van der Waals surface area (Å²) >= 11 is 0. The number of ketones is 1. The monoisotopic (exact) mass is 394 g/mol. The summed E-state index contributed by atoms with van der Waals surface area (Å²) in [5, 5.41) is 9.92. The molecule has 4 nitrogen and oxygen atoms in total. The lowest BCUT2D eigenvalue weighted by Crippen LogP contribution is -2.49. The number of aromatic nitrogens is 1. The first-order valence-electron chi connectivity index (χ1n) is 9.75. The highest BCUT2D eigenvalue weighted by Crippen LogP contribution is 2.48. The quantitative estimate of drug-likeness (QED) is 0.831. The van der Waals surface area contributed by atoms with E-state index in [1.165, 1.54) is 0 Å². The molecule has 1 aromatic heterocycles. The van der Waals surface area contributed by atoms with Gasteiger partial charge in [-0.1, -0.05) is 19.1 Å². The van der Waals surface area contributed by atoms with Gasteiger partial charge in [-0.15, -0.1) is 0 Å². The summed E-state index contributed by atoms with van der Waals surface area (Å²) in [6, 6.07) is 5.35. The molecule has 2 aromatic rings. The topological polar surface area (TPSA) is 56.3 Å². The highest BCUT2D eigenvalue weighted by molar-refractivity contribution is 5.90. The number of carbonyl (C=O) groups excluding carboxylic acids is 1. The van der Waals surface area contributed by atoms with Crippen LogP contribution in [-0.4, -0.2) is 47.0 Å². The number of halogens is 3. The molecule has 2 aliphatic rings. The molecule has 0 spiro atoms. The number of likely N-dealkylation sites (N-methyl/N-ethyl adjacent to an activating group) is 1. The Morgan fingerprint density at radius 3 is 2.82 bits per heavy atom. The molecule has 4 rings (SSSR count). The van der Waals surface area contributed by atoms with E-state index in [-0.39, 0.29) is 36.2 Å². The van der Waals surface area contributed by atoms with Crippen molar-refractivity contribution in [3.8, 4) is 0 Å². The number of benzene rings is 1. The van der Waals surface area contributed by atoms with Gasteiger partial charge < -0.3 is 15.0 Å². The molecule has 4 unspecified atom stereocenters. The molecule has 0 bridgehead atoms. The molecule has 0 radical (unpaired) electrons. The van der Waals surface area contributed by atoms with Gasteiger partial charge in [-0.3, -0.25) is 4.79 Å². The number of aromatic amines is 1. The Hall–Kier alpha value is -1.86. The largest absolute Gasteiger partial charge is 0.431 e. The van der Waals surface area contributed by atoms with Gasteiger partial charge in [0, 0.05) is 48.4 Å². The first kappa shape index (κ1) is 19.5. The number of piperidine rings is 1.